The molecule has 3 N–H and O–H groups in total. The summed E-state index contributed by atoms with van der Waals surface area (Å²) in [6.45, 7) is 5.24. The van der Waals surface area contributed by atoms with Gasteiger partial charge < -0.3 is 20.2 Å². The van der Waals surface area contributed by atoms with E-state index in [2.05, 4.69) is 10.6 Å². The highest BCUT2D eigenvalue weighted by atomic mass is 16.4. The van der Waals surface area contributed by atoms with Crippen LogP contribution in [0.4, 0.5) is 5.69 Å². The van der Waals surface area contributed by atoms with E-state index in [0.717, 1.165) is 0 Å². The number of carboxylic acid groups (broad SMARTS) is 1. The Kier molecular flexibility index (Phi) is 5.59. The molecule has 7 heteroatoms. The van der Waals surface area contributed by atoms with E-state index in [0.29, 0.717) is 22.6 Å². The van der Waals surface area contributed by atoms with Crippen molar-refractivity contribution in [1.29, 1.82) is 0 Å². The number of carbonyl (C=O) groups excluding carboxylic acids is 2. The van der Waals surface area contributed by atoms with Gasteiger partial charge >= 0.3 is 5.97 Å². The zero-order chi connectivity index (χ0) is 18.6. The van der Waals surface area contributed by atoms with E-state index >= 15 is 0 Å². The van der Waals surface area contributed by atoms with Gasteiger partial charge in [0.25, 0.3) is 11.8 Å². The molecule has 0 aliphatic rings. The third-order valence-electron chi connectivity index (χ3n) is 3.59. The van der Waals surface area contributed by atoms with Crippen molar-refractivity contribution >= 4 is 23.5 Å². The van der Waals surface area contributed by atoms with Crippen LogP contribution in [0.2, 0.25) is 0 Å². The quantitative estimate of drug-likeness (QED) is 0.746. The fourth-order valence-electron chi connectivity index (χ4n) is 2.20. The number of amides is 2. The lowest BCUT2D eigenvalue weighted by Gasteiger charge is -2.10. The van der Waals surface area contributed by atoms with Crippen LogP contribution < -0.4 is 10.6 Å². The monoisotopic (exact) mass is 344 g/mol. The highest BCUT2D eigenvalue weighted by molar-refractivity contribution is 6.05. The Morgan fingerprint density at radius 2 is 1.64 bits per heavy atom. The van der Waals surface area contributed by atoms with Gasteiger partial charge in [-0.1, -0.05) is 13.8 Å². The third kappa shape index (κ3) is 4.47. The Balaban J connectivity index is 2.05. The van der Waals surface area contributed by atoms with Gasteiger partial charge in [0, 0.05) is 17.2 Å². The Hall–Kier alpha value is -3.09. The van der Waals surface area contributed by atoms with E-state index < -0.39 is 17.9 Å². The van der Waals surface area contributed by atoms with Gasteiger partial charge in [0.15, 0.2) is 0 Å². The molecule has 0 aliphatic heterocycles. The molecule has 1 aromatic heterocycles. The Morgan fingerprint density at radius 3 is 2.20 bits per heavy atom. The molecular formula is C18H20N2O5. The lowest BCUT2D eigenvalue weighted by Crippen LogP contribution is -2.38. The zero-order valence-corrected chi connectivity index (χ0v) is 14.2. The number of nitrogens with one attached hydrogen (secondary N) is 2. The second-order valence-corrected chi connectivity index (χ2v) is 5.92. The van der Waals surface area contributed by atoms with Crippen molar-refractivity contribution in [2.45, 2.75) is 32.7 Å². The topological polar surface area (TPSA) is 109 Å². The molecular weight excluding hydrogens is 324 g/mol. The number of aliphatic carboxylic acids is 1. The minimum atomic E-state index is -1.11. The maximum Gasteiger partial charge on any atom is 0.325 e. The predicted octanol–water partition coefficient (Wildman–Crippen LogP) is 2.86. The number of anilines is 1. The first-order valence-electron chi connectivity index (χ1n) is 7.82. The number of hydrogen-bond acceptors (Lipinski definition) is 4. The third-order valence-corrected chi connectivity index (χ3v) is 3.59. The molecule has 2 amide bonds. The predicted molar refractivity (Wildman–Crippen MR) is 91.8 cm³/mol. The van der Waals surface area contributed by atoms with Gasteiger partial charge in [-0.25, -0.2) is 0 Å². The summed E-state index contributed by atoms with van der Waals surface area (Å²) in [5.74, 6) is -1.22. The minimum Gasteiger partial charge on any atom is -0.480 e. The summed E-state index contributed by atoms with van der Waals surface area (Å²) >= 11 is 0. The molecule has 132 valence electrons. The first-order valence-corrected chi connectivity index (χ1v) is 7.82. The molecule has 0 bridgehead atoms. The van der Waals surface area contributed by atoms with Crippen LogP contribution in [0.25, 0.3) is 0 Å². The van der Waals surface area contributed by atoms with Crippen molar-refractivity contribution in [1.82, 2.24) is 5.32 Å². The fraction of sp³-hybridized carbons (Fsp3) is 0.278. The molecule has 0 fully saturated rings. The highest BCUT2D eigenvalue weighted by Crippen LogP contribution is 2.21. The summed E-state index contributed by atoms with van der Waals surface area (Å²) in [5, 5.41) is 13.9. The number of furan rings is 1. The SMILES string of the molecule is CC(NC(=O)c1ccc(NC(=O)c2ccoc2C(C)C)cc1)C(=O)O. The maximum absolute atomic E-state index is 12.3. The summed E-state index contributed by atoms with van der Waals surface area (Å²) in [7, 11) is 0. The van der Waals surface area contributed by atoms with Crippen LogP contribution in [-0.2, 0) is 4.79 Å². The summed E-state index contributed by atoms with van der Waals surface area (Å²) < 4.78 is 5.33. The minimum absolute atomic E-state index is 0.0815. The smallest absolute Gasteiger partial charge is 0.325 e. The number of hydrogen-bond donors (Lipinski definition) is 3. The summed E-state index contributed by atoms with van der Waals surface area (Å²) in [6, 6.07) is 6.80. The molecule has 0 spiro atoms. The van der Waals surface area contributed by atoms with Crippen molar-refractivity contribution in [3.63, 3.8) is 0 Å². The molecule has 0 radical (unpaired) electrons. The molecule has 2 aromatic rings. The van der Waals surface area contributed by atoms with Crippen molar-refractivity contribution in [3.05, 3.63) is 53.5 Å². The van der Waals surface area contributed by atoms with Gasteiger partial charge in [-0.05, 0) is 37.3 Å². The fourth-order valence-corrected chi connectivity index (χ4v) is 2.20. The number of carbonyl (C=O) groups is 3. The van der Waals surface area contributed by atoms with Crippen LogP contribution in [0.15, 0.2) is 41.0 Å². The number of carboxylic acids is 1. The molecule has 1 heterocycles. The molecule has 0 saturated heterocycles. The molecule has 0 saturated carbocycles. The molecule has 0 aliphatic carbocycles. The molecule has 1 aromatic carbocycles. The number of rotatable bonds is 6. The molecule has 7 nitrogen and oxygen atoms in total. The van der Waals surface area contributed by atoms with Gasteiger partial charge in [0.2, 0.25) is 0 Å². The van der Waals surface area contributed by atoms with E-state index in [1.54, 1.807) is 18.2 Å². The van der Waals surface area contributed by atoms with Crippen molar-refractivity contribution in [2.75, 3.05) is 5.32 Å². The van der Waals surface area contributed by atoms with Crippen LogP contribution in [0.3, 0.4) is 0 Å². The first kappa shape index (κ1) is 18.3. The van der Waals surface area contributed by atoms with Gasteiger partial charge in [-0.3, -0.25) is 14.4 Å². The normalized spacial score (nSPS) is 11.8. The van der Waals surface area contributed by atoms with Gasteiger partial charge in [0.1, 0.15) is 11.8 Å². The summed E-state index contributed by atoms with van der Waals surface area (Å²) in [6.07, 6.45) is 1.47. The van der Waals surface area contributed by atoms with E-state index in [-0.39, 0.29) is 11.8 Å². The zero-order valence-electron chi connectivity index (χ0n) is 14.2. The van der Waals surface area contributed by atoms with Crippen molar-refractivity contribution in [2.24, 2.45) is 0 Å². The Labute approximate surface area is 145 Å². The Bertz CT molecular complexity index is 777. The molecule has 25 heavy (non-hydrogen) atoms. The average Bonchev–Trinajstić information content (AvgIpc) is 3.05. The number of benzene rings is 1. The molecule has 2 rings (SSSR count). The first-order chi connectivity index (χ1) is 11.8. The van der Waals surface area contributed by atoms with Crippen molar-refractivity contribution in [3.8, 4) is 0 Å². The standard InChI is InChI=1S/C18H20N2O5/c1-10(2)15-14(8-9-25-15)17(22)20-13-6-4-12(5-7-13)16(21)19-11(3)18(23)24/h4-11H,1-3H3,(H,19,21)(H,20,22)(H,23,24). The van der Waals surface area contributed by atoms with E-state index in [9.17, 15) is 14.4 Å². The lowest BCUT2D eigenvalue weighted by atomic mass is 10.1. The maximum atomic E-state index is 12.3. The van der Waals surface area contributed by atoms with Crippen molar-refractivity contribution < 1.29 is 23.9 Å². The largest absolute Gasteiger partial charge is 0.480 e. The van der Waals surface area contributed by atoms with Crippen LogP contribution >= 0.6 is 0 Å². The van der Waals surface area contributed by atoms with Crippen LogP contribution in [0.1, 0.15) is 53.2 Å². The van der Waals surface area contributed by atoms with E-state index in [4.69, 9.17) is 9.52 Å². The van der Waals surface area contributed by atoms with Crippen LogP contribution in [-0.4, -0.2) is 28.9 Å². The van der Waals surface area contributed by atoms with Crippen LogP contribution in [0.5, 0.6) is 0 Å². The molecule has 1 atom stereocenters. The highest BCUT2D eigenvalue weighted by Gasteiger charge is 2.18. The second-order valence-electron chi connectivity index (χ2n) is 5.92. The van der Waals surface area contributed by atoms with Crippen LogP contribution in [0, 0.1) is 0 Å². The van der Waals surface area contributed by atoms with Gasteiger partial charge in [-0.15, -0.1) is 0 Å². The van der Waals surface area contributed by atoms with E-state index in [1.807, 2.05) is 13.8 Å². The van der Waals surface area contributed by atoms with Gasteiger partial charge in [0.05, 0.1) is 11.8 Å². The average molecular weight is 344 g/mol. The molecule has 1 unspecified atom stereocenters. The summed E-state index contributed by atoms with van der Waals surface area (Å²) in [5.41, 5.74) is 1.29. The second kappa shape index (κ2) is 7.65. The van der Waals surface area contributed by atoms with E-state index in [1.165, 1.54) is 25.3 Å². The lowest BCUT2D eigenvalue weighted by molar-refractivity contribution is -0.138. The van der Waals surface area contributed by atoms with Gasteiger partial charge in [-0.2, -0.15) is 0 Å². The summed E-state index contributed by atoms with van der Waals surface area (Å²) in [4.78, 5) is 35.0. The Morgan fingerprint density at radius 1 is 1.00 bits per heavy atom.